The van der Waals surface area contributed by atoms with Crippen molar-refractivity contribution in [3.8, 4) is 18.0 Å². The van der Waals surface area contributed by atoms with Crippen LogP contribution in [0.2, 0.25) is 0 Å². The van der Waals surface area contributed by atoms with Gasteiger partial charge in [0.05, 0.1) is 12.3 Å². The minimum Gasteiger partial charge on any atom is -0.493 e. The topological polar surface area (TPSA) is 158 Å². The molecule has 6 N–H and O–H groups in total. The van der Waals surface area contributed by atoms with Crippen molar-refractivity contribution in [3.05, 3.63) is 40.5 Å². The zero-order valence-electron chi connectivity index (χ0n) is 17.0. The third kappa shape index (κ3) is 4.06. The number of aliphatic imine (C=N–C) groups is 1. The Morgan fingerprint density at radius 2 is 2.07 bits per heavy atom. The highest BCUT2D eigenvalue weighted by atomic mass is 16.5. The quantitative estimate of drug-likeness (QED) is 0.325. The normalized spacial score (nSPS) is 14.5. The van der Waals surface area contributed by atoms with E-state index in [9.17, 15) is 5.26 Å². The molecule has 0 fully saturated rings. The summed E-state index contributed by atoms with van der Waals surface area (Å²) < 4.78 is 5.98. The van der Waals surface area contributed by atoms with E-state index in [1.807, 2.05) is 37.4 Å². The van der Waals surface area contributed by atoms with Gasteiger partial charge in [0.25, 0.3) is 0 Å². The molecule has 0 spiro atoms. The number of aryl methyl sites for hydroxylation is 1. The van der Waals surface area contributed by atoms with Gasteiger partial charge >= 0.3 is 0 Å². The fourth-order valence-corrected chi connectivity index (χ4v) is 3.30. The van der Waals surface area contributed by atoms with E-state index in [1.165, 1.54) is 0 Å². The highest BCUT2D eigenvalue weighted by molar-refractivity contribution is 5.98. The van der Waals surface area contributed by atoms with Crippen molar-refractivity contribution >= 4 is 23.3 Å². The molecular weight excluding hydrogens is 380 g/mol. The predicted octanol–water partition coefficient (Wildman–Crippen LogP) is 2.94. The number of nitrogens with zero attached hydrogens (tertiary/aromatic N) is 4. The molecule has 1 aromatic carbocycles. The Bertz CT molecular complexity index is 1060. The van der Waals surface area contributed by atoms with Gasteiger partial charge in [-0.25, -0.2) is 9.98 Å². The molecule has 0 bridgehead atoms. The molecule has 2 aromatic rings. The minimum absolute atomic E-state index is 0.0158. The van der Waals surface area contributed by atoms with Crippen LogP contribution in [0.1, 0.15) is 54.5 Å². The number of anilines is 3. The van der Waals surface area contributed by atoms with Gasteiger partial charge in [-0.05, 0) is 30.5 Å². The number of aromatic nitrogens is 1. The molecule has 0 saturated heterocycles. The van der Waals surface area contributed by atoms with Crippen molar-refractivity contribution in [2.45, 2.75) is 39.2 Å². The number of nitrogens with two attached hydrogens (primary N) is 2. The lowest BCUT2D eigenvalue weighted by Gasteiger charge is -2.26. The largest absolute Gasteiger partial charge is 0.493 e. The number of fused-ring (bicyclic) bond motifs is 1. The van der Waals surface area contributed by atoms with Crippen molar-refractivity contribution < 1.29 is 4.74 Å². The highest BCUT2D eigenvalue weighted by Crippen LogP contribution is 2.41. The molecule has 0 aliphatic carbocycles. The number of nitrogens with one attached hydrogen (secondary N) is 2. The summed E-state index contributed by atoms with van der Waals surface area (Å²) in [7, 11) is 0. The molecule has 1 unspecified atom stereocenters. The van der Waals surface area contributed by atoms with Gasteiger partial charge in [0.2, 0.25) is 5.96 Å². The standard InChI is InChI=1S/C21H24N8O/c1-3-4-5-8-30-15-9-13(7-6-12(15)2)18-16-17(24)14(10-22)19(25)28-20(16)29-21(27-18)26-11-23/h6-7,9,18H,3-5,8H2,1-2H3,(H6,24,25,26,27,28,29). The van der Waals surface area contributed by atoms with E-state index in [2.05, 4.69) is 27.5 Å². The number of nitriles is 2. The van der Waals surface area contributed by atoms with E-state index >= 15 is 0 Å². The van der Waals surface area contributed by atoms with Crippen LogP contribution in [-0.4, -0.2) is 17.6 Å². The lowest BCUT2D eigenvalue weighted by Crippen LogP contribution is -2.32. The van der Waals surface area contributed by atoms with Crippen LogP contribution in [0.15, 0.2) is 23.2 Å². The van der Waals surface area contributed by atoms with Crippen molar-refractivity contribution in [2.75, 3.05) is 23.4 Å². The van der Waals surface area contributed by atoms with Crippen LogP contribution in [-0.2, 0) is 0 Å². The number of rotatable bonds is 6. The van der Waals surface area contributed by atoms with Crippen LogP contribution in [0, 0.1) is 29.7 Å². The first-order chi connectivity index (χ1) is 14.5. The first-order valence-electron chi connectivity index (χ1n) is 9.72. The van der Waals surface area contributed by atoms with Crippen molar-refractivity contribution in [1.82, 2.24) is 10.3 Å². The second-order valence-electron chi connectivity index (χ2n) is 6.98. The monoisotopic (exact) mass is 404 g/mol. The van der Waals surface area contributed by atoms with Crippen LogP contribution >= 0.6 is 0 Å². The number of unbranched alkanes of at least 4 members (excludes halogenated alkanes) is 2. The summed E-state index contributed by atoms with van der Waals surface area (Å²) in [6.45, 7) is 4.75. The van der Waals surface area contributed by atoms with E-state index < -0.39 is 6.04 Å². The summed E-state index contributed by atoms with van der Waals surface area (Å²) in [6.07, 6.45) is 5.05. The van der Waals surface area contributed by atoms with Crippen molar-refractivity contribution in [3.63, 3.8) is 0 Å². The molecule has 0 radical (unpaired) electrons. The number of hydrogen-bond donors (Lipinski definition) is 4. The average Bonchev–Trinajstić information content (AvgIpc) is 2.72. The van der Waals surface area contributed by atoms with Crippen LogP contribution in [0.25, 0.3) is 0 Å². The SMILES string of the molecule is CCCCCOc1cc(C2N=C(NC#N)Nc3nc(N)c(C#N)c(N)c32)ccc1C. The number of benzene rings is 1. The number of hydrogen-bond acceptors (Lipinski definition) is 9. The second kappa shape index (κ2) is 9.01. The Hall–Kier alpha value is -3.98. The van der Waals surface area contributed by atoms with E-state index in [4.69, 9.17) is 21.5 Å². The minimum atomic E-state index is -0.587. The third-order valence-electron chi connectivity index (χ3n) is 4.89. The van der Waals surface area contributed by atoms with Crippen LogP contribution in [0.3, 0.4) is 0 Å². The maximum atomic E-state index is 9.43. The summed E-state index contributed by atoms with van der Waals surface area (Å²) >= 11 is 0. The number of pyridine rings is 1. The number of nitrogen functional groups attached to an aromatic ring is 2. The number of ether oxygens (including phenoxy) is 1. The van der Waals surface area contributed by atoms with E-state index in [-0.39, 0.29) is 23.0 Å². The smallest absolute Gasteiger partial charge is 0.211 e. The maximum absolute atomic E-state index is 9.43. The Morgan fingerprint density at radius 1 is 1.27 bits per heavy atom. The molecule has 30 heavy (non-hydrogen) atoms. The van der Waals surface area contributed by atoms with Gasteiger partial charge in [0, 0.05) is 5.56 Å². The first kappa shape index (κ1) is 20.7. The molecule has 0 amide bonds. The Labute approximate surface area is 175 Å². The van der Waals surface area contributed by atoms with Gasteiger partial charge in [-0.1, -0.05) is 31.9 Å². The fourth-order valence-electron chi connectivity index (χ4n) is 3.30. The summed E-state index contributed by atoms with van der Waals surface area (Å²) in [4.78, 5) is 8.84. The Kier molecular flexibility index (Phi) is 6.23. The molecule has 1 atom stereocenters. The third-order valence-corrected chi connectivity index (χ3v) is 4.89. The zero-order valence-corrected chi connectivity index (χ0v) is 17.0. The Balaban J connectivity index is 2.07. The maximum Gasteiger partial charge on any atom is 0.211 e. The highest BCUT2D eigenvalue weighted by Gasteiger charge is 2.30. The van der Waals surface area contributed by atoms with Crippen molar-refractivity contribution in [2.24, 2.45) is 4.99 Å². The van der Waals surface area contributed by atoms with E-state index in [0.29, 0.717) is 18.0 Å². The number of guanidine groups is 1. The Morgan fingerprint density at radius 3 is 2.77 bits per heavy atom. The fraction of sp³-hybridized carbons (Fsp3) is 0.333. The lowest BCUT2D eigenvalue weighted by molar-refractivity contribution is 0.304. The molecule has 3 rings (SSSR count). The van der Waals surface area contributed by atoms with Crippen LogP contribution < -0.4 is 26.8 Å². The van der Waals surface area contributed by atoms with Gasteiger partial charge in [0.15, 0.2) is 6.19 Å². The molecule has 0 saturated carbocycles. The predicted molar refractivity (Wildman–Crippen MR) is 116 cm³/mol. The molecule has 9 nitrogen and oxygen atoms in total. The molecule has 154 valence electrons. The summed E-state index contributed by atoms with van der Waals surface area (Å²) in [5, 5.41) is 23.9. The van der Waals surface area contributed by atoms with Gasteiger partial charge in [-0.15, -0.1) is 0 Å². The summed E-state index contributed by atoms with van der Waals surface area (Å²) in [5.41, 5.74) is 14.8. The lowest BCUT2D eigenvalue weighted by atomic mass is 9.94. The molecule has 1 aliphatic rings. The van der Waals surface area contributed by atoms with Gasteiger partial charge in [0.1, 0.15) is 35.1 Å². The van der Waals surface area contributed by atoms with Crippen molar-refractivity contribution in [1.29, 1.82) is 10.5 Å². The van der Waals surface area contributed by atoms with Crippen LogP contribution in [0.4, 0.5) is 17.3 Å². The average molecular weight is 404 g/mol. The van der Waals surface area contributed by atoms with E-state index in [1.54, 1.807) is 0 Å². The van der Waals surface area contributed by atoms with Gasteiger partial charge in [-0.2, -0.15) is 10.5 Å². The molecule has 1 aromatic heterocycles. The van der Waals surface area contributed by atoms with E-state index in [0.717, 1.165) is 36.1 Å². The molecule has 9 heteroatoms. The second-order valence-corrected chi connectivity index (χ2v) is 6.98. The van der Waals surface area contributed by atoms with Crippen LogP contribution in [0.5, 0.6) is 5.75 Å². The molecule has 1 aliphatic heterocycles. The molecule has 2 heterocycles. The molecular formula is C21H24N8O. The van der Waals surface area contributed by atoms with Gasteiger partial charge < -0.3 is 21.5 Å². The van der Waals surface area contributed by atoms with Gasteiger partial charge in [-0.3, -0.25) is 5.32 Å². The summed E-state index contributed by atoms with van der Waals surface area (Å²) in [5.74, 6) is 1.35. The zero-order chi connectivity index (χ0) is 21.7. The first-order valence-corrected chi connectivity index (χ1v) is 9.72. The summed E-state index contributed by atoms with van der Waals surface area (Å²) in [6, 6.07) is 7.20.